The van der Waals surface area contributed by atoms with Crippen molar-refractivity contribution >= 4 is 5.91 Å². The van der Waals surface area contributed by atoms with E-state index in [1.54, 1.807) is 0 Å². The van der Waals surface area contributed by atoms with Crippen LogP contribution < -0.4 is 0 Å². The van der Waals surface area contributed by atoms with Crippen molar-refractivity contribution in [3.05, 3.63) is 0 Å². The summed E-state index contributed by atoms with van der Waals surface area (Å²) in [7, 11) is 0. The zero-order valence-electron chi connectivity index (χ0n) is 8.49. The van der Waals surface area contributed by atoms with E-state index in [2.05, 4.69) is 0 Å². The third-order valence-corrected chi connectivity index (χ3v) is 2.90. The number of aliphatic hydroxyl groups excluding tert-OH is 1. The molecule has 0 aromatic heterocycles. The highest BCUT2D eigenvalue weighted by atomic mass is 16.3. The maximum absolute atomic E-state index is 11.8. The van der Waals surface area contributed by atoms with Gasteiger partial charge in [-0.3, -0.25) is 4.79 Å². The van der Waals surface area contributed by atoms with Crippen molar-refractivity contribution in [2.75, 3.05) is 13.2 Å². The predicted octanol–water partition coefficient (Wildman–Crippen LogP) is 1.02. The van der Waals surface area contributed by atoms with Crippen molar-refractivity contribution in [3.63, 3.8) is 0 Å². The van der Waals surface area contributed by atoms with Gasteiger partial charge in [0.25, 0.3) is 0 Å². The Morgan fingerprint density at radius 3 is 2.92 bits per heavy atom. The summed E-state index contributed by atoms with van der Waals surface area (Å²) in [6.07, 6.45) is 2.87. The lowest BCUT2D eigenvalue weighted by molar-refractivity contribution is -0.136. The molecule has 1 unspecified atom stereocenters. The van der Waals surface area contributed by atoms with Gasteiger partial charge < -0.3 is 10.0 Å². The second kappa shape index (κ2) is 4.61. The largest absolute Gasteiger partial charge is 0.394 e. The molecule has 1 rings (SSSR count). The van der Waals surface area contributed by atoms with Gasteiger partial charge in [-0.15, -0.1) is 0 Å². The number of likely N-dealkylation sites (tertiary alicyclic amines) is 1. The Morgan fingerprint density at radius 1 is 1.69 bits per heavy atom. The number of amides is 1. The van der Waals surface area contributed by atoms with Gasteiger partial charge in [0.05, 0.1) is 12.6 Å². The second-order valence-electron chi connectivity index (χ2n) is 3.82. The molecule has 3 nitrogen and oxygen atoms in total. The van der Waals surface area contributed by atoms with E-state index in [9.17, 15) is 4.79 Å². The molecule has 3 heteroatoms. The zero-order chi connectivity index (χ0) is 9.84. The molecule has 1 amide bonds. The molecular weight excluding hydrogens is 166 g/mol. The van der Waals surface area contributed by atoms with E-state index in [0.29, 0.717) is 0 Å². The van der Waals surface area contributed by atoms with Crippen LogP contribution in [-0.4, -0.2) is 35.1 Å². The van der Waals surface area contributed by atoms with Crippen LogP contribution in [0.25, 0.3) is 0 Å². The van der Waals surface area contributed by atoms with E-state index in [1.807, 2.05) is 18.7 Å². The fourth-order valence-corrected chi connectivity index (χ4v) is 1.77. The lowest BCUT2D eigenvalue weighted by Crippen LogP contribution is -2.40. The first-order valence-electron chi connectivity index (χ1n) is 5.12. The monoisotopic (exact) mass is 185 g/mol. The Balaban J connectivity index is 2.54. The zero-order valence-corrected chi connectivity index (χ0v) is 8.49. The molecule has 1 N–H and O–H groups in total. The fourth-order valence-electron chi connectivity index (χ4n) is 1.77. The van der Waals surface area contributed by atoms with Gasteiger partial charge in [-0.05, 0) is 19.3 Å². The minimum absolute atomic E-state index is 0.0847. The maximum atomic E-state index is 11.8. The van der Waals surface area contributed by atoms with Gasteiger partial charge in [0.2, 0.25) is 5.91 Å². The molecule has 1 saturated heterocycles. The molecule has 0 aliphatic carbocycles. The molecule has 2 atom stereocenters. The molecule has 1 heterocycles. The van der Waals surface area contributed by atoms with Gasteiger partial charge in [0.1, 0.15) is 0 Å². The number of carbonyl (C=O) groups is 1. The molecule has 1 fully saturated rings. The highest BCUT2D eigenvalue weighted by Crippen LogP contribution is 2.20. The van der Waals surface area contributed by atoms with Crippen molar-refractivity contribution in [1.82, 2.24) is 4.90 Å². The standard InChI is InChI=1S/C10H19NO2/c1-3-8(2)10(13)11-6-4-5-9(11)7-12/h8-9,12H,3-7H2,1-2H3/t8?,9-/m0/s1. The van der Waals surface area contributed by atoms with Crippen LogP contribution in [0.1, 0.15) is 33.1 Å². The molecule has 0 radical (unpaired) electrons. The van der Waals surface area contributed by atoms with E-state index < -0.39 is 0 Å². The van der Waals surface area contributed by atoms with Crippen molar-refractivity contribution < 1.29 is 9.90 Å². The van der Waals surface area contributed by atoms with E-state index in [1.165, 1.54) is 0 Å². The average Bonchev–Trinajstić information content (AvgIpc) is 2.62. The van der Waals surface area contributed by atoms with Crippen LogP contribution in [-0.2, 0) is 4.79 Å². The summed E-state index contributed by atoms with van der Waals surface area (Å²) in [6.45, 7) is 4.91. The van der Waals surface area contributed by atoms with Crippen LogP contribution in [0.5, 0.6) is 0 Å². The van der Waals surface area contributed by atoms with Crippen molar-refractivity contribution in [2.45, 2.75) is 39.2 Å². The first-order valence-corrected chi connectivity index (χ1v) is 5.12. The molecule has 0 spiro atoms. The molecule has 0 saturated carbocycles. The molecule has 0 bridgehead atoms. The number of nitrogens with zero attached hydrogens (tertiary/aromatic N) is 1. The van der Waals surface area contributed by atoms with Crippen LogP contribution in [0.3, 0.4) is 0 Å². The van der Waals surface area contributed by atoms with Crippen LogP contribution >= 0.6 is 0 Å². The normalized spacial score (nSPS) is 24.8. The lowest BCUT2D eigenvalue weighted by atomic mass is 10.1. The van der Waals surface area contributed by atoms with Crippen molar-refractivity contribution in [3.8, 4) is 0 Å². The number of rotatable bonds is 3. The molecule has 0 aromatic rings. The van der Waals surface area contributed by atoms with Gasteiger partial charge in [0.15, 0.2) is 0 Å². The smallest absolute Gasteiger partial charge is 0.225 e. The van der Waals surface area contributed by atoms with Gasteiger partial charge >= 0.3 is 0 Å². The summed E-state index contributed by atoms with van der Waals surface area (Å²) in [5, 5.41) is 9.05. The van der Waals surface area contributed by atoms with E-state index >= 15 is 0 Å². The topological polar surface area (TPSA) is 40.5 Å². The van der Waals surface area contributed by atoms with Gasteiger partial charge in [-0.25, -0.2) is 0 Å². The van der Waals surface area contributed by atoms with E-state index in [-0.39, 0.29) is 24.5 Å². The first kappa shape index (κ1) is 10.5. The summed E-state index contributed by atoms with van der Waals surface area (Å²) in [5.41, 5.74) is 0. The van der Waals surface area contributed by atoms with E-state index in [4.69, 9.17) is 5.11 Å². The quantitative estimate of drug-likeness (QED) is 0.713. The predicted molar refractivity (Wildman–Crippen MR) is 51.3 cm³/mol. The van der Waals surface area contributed by atoms with Gasteiger partial charge in [-0.2, -0.15) is 0 Å². The minimum Gasteiger partial charge on any atom is -0.394 e. The highest BCUT2D eigenvalue weighted by Gasteiger charge is 2.29. The second-order valence-corrected chi connectivity index (χ2v) is 3.82. The minimum atomic E-state index is 0.0847. The highest BCUT2D eigenvalue weighted by molar-refractivity contribution is 5.79. The summed E-state index contributed by atoms with van der Waals surface area (Å²) in [5.74, 6) is 0.311. The SMILES string of the molecule is CCC(C)C(=O)N1CCC[C@H]1CO. The van der Waals surface area contributed by atoms with Crippen LogP contribution in [0.2, 0.25) is 0 Å². The number of hydrogen-bond donors (Lipinski definition) is 1. The molecular formula is C10H19NO2. The van der Waals surface area contributed by atoms with Crippen LogP contribution in [0.15, 0.2) is 0 Å². The molecule has 0 aromatic carbocycles. The summed E-state index contributed by atoms with van der Waals surface area (Å²) < 4.78 is 0. The lowest BCUT2D eigenvalue weighted by Gasteiger charge is -2.25. The van der Waals surface area contributed by atoms with Crippen molar-refractivity contribution in [1.29, 1.82) is 0 Å². The summed E-state index contributed by atoms with van der Waals surface area (Å²) in [6, 6.07) is 0.0847. The Labute approximate surface area is 79.7 Å². The Morgan fingerprint density at radius 2 is 2.38 bits per heavy atom. The number of aliphatic hydroxyl groups is 1. The van der Waals surface area contributed by atoms with Gasteiger partial charge in [-0.1, -0.05) is 13.8 Å². The van der Waals surface area contributed by atoms with Crippen LogP contribution in [0.4, 0.5) is 0 Å². The Bertz CT molecular complexity index is 182. The number of hydrogen-bond acceptors (Lipinski definition) is 2. The fraction of sp³-hybridized carbons (Fsp3) is 0.900. The molecule has 76 valence electrons. The number of carbonyl (C=O) groups excluding carboxylic acids is 1. The van der Waals surface area contributed by atoms with Crippen LogP contribution in [0, 0.1) is 5.92 Å². The molecule has 1 aliphatic rings. The third-order valence-electron chi connectivity index (χ3n) is 2.90. The van der Waals surface area contributed by atoms with Gasteiger partial charge in [0, 0.05) is 12.5 Å². The third kappa shape index (κ3) is 2.21. The first-order chi connectivity index (χ1) is 6.20. The summed E-state index contributed by atoms with van der Waals surface area (Å²) in [4.78, 5) is 13.6. The van der Waals surface area contributed by atoms with E-state index in [0.717, 1.165) is 25.8 Å². The average molecular weight is 185 g/mol. The molecule has 13 heavy (non-hydrogen) atoms. The molecule has 1 aliphatic heterocycles. The Hall–Kier alpha value is -0.570. The maximum Gasteiger partial charge on any atom is 0.225 e. The summed E-state index contributed by atoms with van der Waals surface area (Å²) >= 11 is 0. The Kier molecular flexibility index (Phi) is 3.72. The van der Waals surface area contributed by atoms with Crippen molar-refractivity contribution in [2.24, 2.45) is 5.92 Å².